The minimum absolute atomic E-state index is 0.929. The van der Waals surface area contributed by atoms with Crippen molar-refractivity contribution in [1.29, 1.82) is 0 Å². The fraction of sp³-hybridized carbons (Fsp3) is 0.0588. The quantitative estimate of drug-likeness (QED) is 0.249. The monoisotopic (exact) mass is 490 g/mol. The van der Waals surface area contributed by atoms with E-state index in [0.29, 0.717) is 0 Å². The highest BCUT2D eigenvalue weighted by molar-refractivity contribution is 5.87. The normalized spacial score (nSPS) is 11.4. The van der Waals surface area contributed by atoms with Gasteiger partial charge >= 0.3 is 0 Å². The van der Waals surface area contributed by atoms with E-state index in [1.807, 2.05) is 24.3 Å². The molecule has 0 spiro atoms. The van der Waals surface area contributed by atoms with Crippen molar-refractivity contribution >= 4 is 22.1 Å². The SMILES string of the molecule is Cc1cc(C)c(-c2nc3ccccc3n2-c2ccccc2)cc1-c1nc2ccccc2n1-c1ccccc1. The number of para-hydroxylation sites is 6. The first-order chi connectivity index (χ1) is 18.7. The predicted octanol–water partition coefficient (Wildman–Crippen LogP) is 8.32. The molecule has 4 nitrogen and oxygen atoms in total. The third-order valence-electron chi connectivity index (χ3n) is 7.20. The van der Waals surface area contributed by atoms with Crippen LogP contribution >= 0.6 is 0 Å². The number of aromatic nitrogens is 4. The van der Waals surface area contributed by atoms with Crippen LogP contribution in [-0.2, 0) is 0 Å². The van der Waals surface area contributed by atoms with E-state index < -0.39 is 0 Å². The van der Waals surface area contributed by atoms with E-state index >= 15 is 0 Å². The third kappa shape index (κ3) is 3.53. The van der Waals surface area contributed by atoms with Gasteiger partial charge in [0, 0.05) is 22.5 Å². The van der Waals surface area contributed by atoms with Crippen molar-refractivity contribution in [2.24, 2.45) is 0 Å². The molecular weight excluding hydrogens is 464 g/mol. The van der Waals surface area contributed by atoms with Gasteiger partial charge in [-0.2, -0.15) is 0 Å². The van der Waals surface area contributed by atoms with Crippen molar-refractivity contribution in [2.75, 3.05) is 0 Å². The first-order valence-electron chi connectivity index (χ1n) is 12.9. The molecule has 0 aliphatic rings. The van der Waals surface area contributed by atoms with Gasteiger partial charge in [-0.05, 0) is 79.6 Å². The van der Waals surface area contributed by atoms with Crippen molar-refractivity contribution in [1.82, 2.24) is 19.1 Å². The van der Waals surface area contributed by atoms with Gasteiger partial charge < -0.3 is 0 Å². The van der Waals surface area contributed by atoms with E-state index in [2.05, 4.69) is 120 Å². The lowest BCUT2D eigenvalue weighted by atomic mass is 9.98. The van der Waals surface area contributed by atoms with Crippen molar-refractivity contribution < 1.29 is 0 Å². The predicted molar refractivity (Wildman–Crippen MR) is 156 cm³/mol. The summed E-state index contributed by atoms with van der Waals surface area (Å²) in [6.07, 6.45) is 0. The standard InChI is InChI=1S/C34H26N4/c1-23-21-24(2)28(34-36-30-18-10-12-20-32(30)38(34)26-15-7-4-8-16-26)22-27(23)33-35-29-17-9-11-19-31(29)37(33)25-13-5-3-6-14-25/h3-22H,1-2H3. The topological polar surface area (TPSA) is 35.6 Å². The third-order valence-corrected chi connectivity index (χ3v) is 7.20. The van der Waals surface area contributed by atoms with Gasteiger partial charge in [0.05, 0.1) is 22.1 Å². The van der Waals surface area contributed by atoms with Crippen LogP contribution in [0.3, 0.4) is 0 Å². The summed E-state index contributed by atoms with van der Waals surface area (Å²) < 4.78 is 4.52. The second-order valence-corrected chi connectivity index (χ2v) is 9.67. The summed E-state index contributed by atoms with van der Waals surface area (Å²) in [5.41, 5.74) is 10.9. The van der Waals surface area contributed by atoms with Gasteiger partial charge in [-0.1, -0.05) is 66.7 Å². The van der Waals surface area contributed by atoms with E-state index in [-0.39, 0.29) is 0 Å². The average Bonchev–Trinajstić information content (AvgIpc) is 3.53. The highest BCUT2D eigenvalue weighted by Gasteiger charge is 2.21. The van der Waals surface area contributed by atoms with E-state index in [9.17, 15) is 0 Å². The Morgan fingerprint density at radius 1 is 0.447 bits per heavy atom. The Bertz CT molecular complexity index is 1790. The summed E-state index contributed by atoms with van der Waals surface area (Å²) in [5, 5.41) is 0. The number of hydrogen-bond acceptors (Lipinski definition) is 2. The van der Waals surface area contributed by atoms with Crippen molar-refractivity contribution in [3.63, 3.8) is 0 Å². The molecule has 2 heterocycles. The Hall–Kier alpha value is -4.96. The minimum Gasteiger partial charge on any atom is -0.292 e. The van der Waals surface area contributed by atoms with Gasteiger partial charge in [-0.3, -0.25) is 9.13 Å². The van der Waals surface area contributed by atoms with Crippen LogP contribution in [0.2, 0.25) is 0 Å². The maximum absolute atomic E-state index is 5.14. The van der Waals surface area contributed by atoms with Gasteiger partial charge in [-0.25, -0.2) is 9.97 Å². The number of rotatable bonds is 4. The molecule has 0 aliphatic carbocycles. The van der Waals surface area contributed by atoms with Crippen molar-refractivity contribution in [3.8, 4) is 34.2 Å². The van der Waals surface area contributed by atoms with Gasteiger partial charge in [0.25, 0.3) is 0 Å². The van der Waals surface area contributed by atoms with Crippen molar-refractivity contribution in [2.45, 2.75) is 13.8 Å². The molecule has 0 atom stereocenters. The summed E-state index contributed by atoms with van der Waals surface area (Å²) in [6.45, 7) is 4.34. The highest BCUT2D eigenvalue weighted by Crippen LogP contribution is 2.37. The van der Waals surface area contributed by atoms with Crippen LogP contribution in [0.1, 0.15) is 11.1 Å². The molecule has 182 valence electrons. The molecule has 0 bridgehead atoms. The molecule has 0 saturated carbocycles. The zero-order valence-electron chi connectivity index (χ0n) is 21.3. The van der Waals surface area contributed by atoms with Gasteiger partial charge in [0.15, 0.2) is 0 Å². The molecule has 38 heavy (non-hydrogen) atoms. The lowest BCUT2D eigenvalue weighted by Crippen LogP contribution is -2.02. The number of hydrogen-bond donors (Lipinski definition) is 0. The zero-order valence-corrected chi connectivity index (χ0v) is 21.3. The molecule has 0 fully saturated rings. The first kappa shape index (κ1) is 22.3. The fourth-order valence-electron chi connectivity index (χ4n) is 5.42. The number of benzene rings is 5. The highest BCUT2D eigenvalue weighted by atomic mass is 15.1. The lowest BCUT2D eigenvalue weighted by molar-refractivity contribution is 1.08. The van der Waals surface area contributed by atoms with E-state index in [0.717, 1.165) is 56.2 Å². The number of fused-ring (bicyclic) bond motifs is 2. The van der Waals surface area contributed by atoms with Crippen LogP contribution in [-0.4, -0.2) is 19.1 Å². The van der Waals surface area contributed by atoms with Gasteiger partial charge in [-0.15, -0.1) is 0 Å². The molecule has 5 aromatic carbocycles. The van der Waals surface area contributed by atoms with E-state index in [1.165, 1.54) is 11.1 Å². The Labute approximate surface area is 221 Å². The summed E-state index contributed by atoms with van der Waals surface area (Å²) in [6, 6.07) is 42.1. The smallest absolute Gasteiger partial charge is 0.146 e. The number of nitrogens with zero attached hydrogens (tertiary/aromatic N) is 4. The number of imidazole rings is 2. The largest absolute Gasteiger partial charge is 0.292 e. The van der Waals surface area contributed by atoms with Gasteiger partial charge in [0.1, 0.15) is 11.6 Å². The molecule has 4 heteroatoms. The van der Waals surface area contributed by atoms with Crippen LogP contribution in [0, 0.1) is 13.8 Å². The summed E-state index contributed by atoms with van der Waals surface area (Å²) in [4.78, 5) is 10.3. The Morgan fingerprint density at radius 3 is 1.29 bits per heavy atom. The minimum atomic E-state index is 0.929. The number of aryl methyl sites for hydroxylation is 2. The molecule has 0 aliphatic heterocycles. The summed E-state index contributed by atoms with van der Waals surface area (Å²) >= 11 is 0. The van der Waals surface area contributed by atoms with E-state index in [1.54, 1.807) is 0 Å². The first-order valence-corrected chi connectivity index (χ1v) is 12.9. The Balaban J connectivity index is 1.52. The van der Waals surface area contributed by atoms with Crippen LogP contribution in [0.15, 0.2) is 121 Å². The zero-order chi connectivity index (χ0) is 25.6. The molecule has 0 N–H and O–H groups in total. The van der Waals surface area contributed by atoms with Crippen LogP contribution < -0.4 is 0 Å². The fourth-order valence-corrected chi connectivity index (χ4v) is 5.42. The van der Waals surface area contributed by atoms with Crippen molar-refractivity contribution in [3.05, 3.63) is 132 Å². The van der Waals surface area contributed by atoms with Crippen LogP contribution in [0.5, 0.6) is 0 Å². The lowest BCUT2D eigenvalue weighted by Gasteiger charge is -2.16. The summed E-state index contributed by atoms with van der Waals surface area (Å²) in [5.74, 6) is 1.86. The molecule has 7 rings (SSSR count). The summed E-state index contributed by atoms with van der Waals surface area (Å²) in [7, 11) is 0. The Morgan fingerprint density at radius 2 is 0.842 bits per heavy atom. The molecule has 0 radical (unpaired) electrons. The molecule has 0 amide bonds. The average molecular weight is 491 g/mol. The molecule has 0 unspecified atom stereocenters. The van der Waals surface area contributed by atoms with E-state index in [4.69, 9.17) is 9.97 Å². The van der Waals surface area contributed by atoms with Crippen LogP contribution in [0.25, 0.3) is 56.2 Å². The Kier molecular flexibility index (Phi) is 5.19. The molecular formula is C34H26N4. The molecule has 2 aromatic heterocycles. The maximum Gasteiger partial charge on any atom is 0.146 e. The van der Waals surface area contributed by atoms with Crippen LogP contribution in [0.4, 0.5) is 0 Å². The molecule has 7 aromatic rings. The van der Waals surface area contributed by atoms with Gasteiger partial charge in [0.2, 0.25) is 0 Å². The second-order valence-electron chi connectivity index (χ2n) is 9.67. The second kappa shape index (κ2) is 8.86. The molecule has 0 saturated heterocycles. The maximum atomic E-state index is 5.14.